The third-order valence-corrected chi connectivity index (χ3v) is 5.26. The molecule has 31 heavy (non-hydrogen) atoms. The van der Waals surface area contributed by atoms with E-state index in [1.54, 1.807) is 12.3 Å². The molecule has 0 bridgehead atoms. The Labute approximate surface area is 181 Å². The first-order valence-corrected chi connectivity index (χ1v) is 10.4. The van der Waals surface area contributed by atoms with Crippen LogP contribution in [0.15, 0.2) is 77.8 Å². The van der Waals surface area contributed by atoms with E-state index >= 15 is 0 Å². The maximum absolute atomic E-state index is 13.0. The van der Waals surface area contributed by atoms with Crippen molar-refractivity contribution in [3.63, 3.8) is 0 Å². The summed E-state index contributed by atoms with van der Waals surface area (Å²) in [7, 11) is 0. The molecule has 0 saturated heterocycles. The van der Waals surface area contributed by atoms with Gasteiger partial charge in [-0.2, -0.15) is 0 Å². The van der Waals surface area contributed by atoms with Crippen molar-refractivity contribution >= 4 is 35.6 Å². The van der Waals surface area contributed by atoms with Crippen molar-refractivity contribution in [1.29, 1.82) is 0 Å². The fraction of sp³-hybridized carbons (Fsp3) is 0.111. The second-order valence-corrected chi connectivity index (χ2v) is 7.28. The molecule has 2 N–H and O–H groups in total. The summed E-state index contributed by atoms with van der Waals surface area (Å²) in [5.74, 6) is -0.437. The van der Waals surface area contributed by atoms with Gasteiger partial charge in [-0.15, -0.1) is 0 Å². The van der Waals surface area contributed by atoms with E-state index in [1.807, 2.05) is 78.9 Å². The van der Waals surface area contributed by atoms with E-state index in [-0.39, 0.29) is 17.2 Å². The van der Waals surface area contributed by atoms with Crippen molar-refractivity contribution in [3.8, 4) is 5.75 Å². The molecule has 0 fully saturated rings. The molecule has 1 aliphatic rings. The summed E-state index contributed by atoms with van der Waals surface area (Å²) in [6.07, 6.45) is 11.3. The van der Waals surface area contributed by atoms with Gasteiger partial charge in [0.15, 0.2) is 0 Å². The lowest BCUT2D eigenvalue weighted by molar-refractivity contribution is 0.102. The zero-order chi connectivity index (χ0) is 21.6. The highest BCUT2D eigenvalue weighted by Crippen LogP contribution is 2.22. The van der Waals surface area contributed by atoms with Crippen LogP contribution in [-0.2, 0) is 6.42 Å². The first-order valence-electron chi connectivity index (χ1n) is 10.4. The van der Waals surface area contributed by atoms with E-state index in [1.165, 1.54) is 0 Å². The summed E-state index contributed by atoms with van der Waals surface area (Å²) in [6, 6.07) is 18.9. The monoisotopic (exact) mass is 408 g/mol. The number of rotatable bonds is 5. The van der Waals surface area contributed by atoms with Gasteiger partial charge in [0, 0.05) is 17.5 Å². The highest BCUT2D eigenvalue weighted by molar-refractivity contribution is 6.08. The maximum atomic E-state index is 13.0. The molecule has 154 valence electrons. The third kappa shape index (κ3) is 4.48. The SMILES string of the molecule is CCc1ccccc1N=Cc1c(O)c(C(=O)Nc2ccccc2)cc2c1=CCC=CC=2. The van der Waals surface area contributed by atoms with E-state index < -0.39 is 0 Å². The van der Waals surface area contributed by atoms with Crippen molar-refractivity contribution in [1.82, 2.24) is 0 Å². The summed E-state index contributed by atoms with van der Waals surface area (Å²) in [5, 5.41) is 15.7. The molecular weight excluding hydrogens is 384 g/mol. The maximum Gasteiger partial charge on any atom is 0.259 e. The van der Waals surface area contributed by atoms with Crippen molar-refractivity contribution in [3.05, 3.63) is 99.9 Å². The van der Waals surface area contributed by atoms with E-state index in [2.05, 4.69) is 17.2 Å². The number of phenols is 1. The molecule has 0 atom stereocenters. The molecule has 0 unspecified atom stereocenters. The molecule has 0 radical (unpaired) electrons. The minimum atomic E-state index is -0.364. The second kappa shape index (κ2) is 9.26. The Morgan fingerprint density at radius 3 is 2.71 bits per heavy atom. The van der Waals surface area contributed by atoms with Gasteiger partial charge in [0.25, 0.3) is 5.91 Å². The normalized spacial score (nSPS) is 12.5. The van der Waals surface area contributed by atoms with Crippen molar-refractivity contribution in [2.45, 2.75) is 19.8 Å². The topological polar surface area (TPSA) is 61.7 Å². The van der Waals surface area contributed by atoms with Crippen molar-refractivity contribution in [2.75, 3.05) is 5.32 Å². The van der Waals surface area contributed by atoms with E-state index in [9.17, 15) is 9.90 Å². The number of aliphatic imine (C=N–C) groups is 1. The molecule has 1 aliphatic carbocycles. The lowest BCUT2D eigenvalue weighted by atomic mass is 10.0. The first kappa shape index (κ1) is 20.4. The smallest absolute Gasteiger partial charge is 0.259 e. The Bertz CT molecular complexity index is 1290. The molecule has 0 heterocycles. The van der Waals surface area contributed by atoms with Crippen LogP contribution in [0.1, 0.15) is 34.8 Å². The van der Waals surface area contributed by atoms with Gasteiger partial charge in [0.1, 0.15) is 5.75 Å². The average Bonchev–Trinajstić information content (AvgIpc) is 3.04. The van der Waals surface area contributed by atoms with Gasteiger partial charge in [0.05, 0.1) is 11.3 Å². The van der Waals surface area contributed by atoms with Crippen LogP contribution in [0.5, 0.6) is 5.75 Å². The van der Waals surface area contributed by atoms with E-state index in [0.29, 0.717) is 11.3 Å². The summed E-state index contributed by atoms with van der Waals surface area (Å²) in [5.41, 5.74) is 3.41. The van der Waals surface area contributed by atoms with Gasteiger partial charge in [-0.05, 0) is 53.1 Å². The number of allylic oxidation sites excluding steroid dienone is 2. The standard InChI is InChI=1S/C27H24N2O2/c1-2-19-11-9-10-16-25(19)28-18-24-22-15-8-3-5-12-20(22)17-23(26(24)30)27(31)29-21-13-6-4-7-14-21/h3-7,9-18,30H,2,8H2,1H3,(H,29,31). The van der Waals surface area contributed by atoms with Gasteiger partial charge in [0.2, 0.25) is 0 Å². The number of nitrogens with one attached hydrogen (secondary N) is 1. The Hall–Kier alpha value is -3.92. The number of phenolic OH excluding ortho intramolecular Hbond substituents is 1. The number of nitrogens with zero attached hydrogens (tertiary/aromatic N) is 1. The molecule has 0 aliphatic heterocycles. The highest BCUT2D eigenvalue weighted by Gasteiger charge is 2.16. The molecule has 0 saturated carbocycles. The van der Waals surface area contributed by atoms with Crippen LogP contribution in [0.25, 0.3) is 12.2 Å². The molecule has 0 spiro atoms. The number of carbonyl (C=O) groups is 1. The van der Waals surface area contributed by atoms with Gasteiger partial charge in [-0.3, -0.25) is 9.79 Å². The lowest BCUT2D eigenvalue weighted by Gasteiger charge is -2.10. The summed E-state index contributed by atoms with van der Waals surface area (Å²) in [4.78, 5) is 17.6. The van der Waals surface area contributed by atoms with Crippen molar-refractivity contribution in [2.24, 2.45) is 4.99 Å². The number of hydrogen-bond donors (Lipinski definition) is 2. The van der Waals surface area contributed by atoms with E-state index in [0.717, 1.165) is 34.5 Å². The van der Waals surface area contributed by atoms with Crippen LogP contribution >= 0.6 is 0 Å². The van der Waals surface area contributed by atoms with Gasteiger partial charge < -0.3 is 10.4 Å². The number of benzene rings is 3. The number of aryl methyl sites for hydroxylation is 1. The van der Waals surface area contributed by atoms with Crippen LogP contribution in [0.2, 0.25) is 0 Å². The lowest BCUT2D eigenvalue weighted by Crippen LogP contribution is -2.31. The zero-order valence-corrected chi connectivity index (χ0v) is 17.4. The quantitative estimate of drug-likeness (QED) is 0.612. The minimum absolute atomic E-state index is 0.0727. The highest BCUT2D eigenvalue weighted by atomic mass is 16.3. The molecular formula is C27H24N2O2. The first-order chi connectivity index (χ1) is 15.2. The van der Waals surface area contributed by atoms with Gasteiger partial charge >= 0.3 is 0 Å². The van der Waals surface area contributed by atoms with Crippen LogP contribution < -0.4 is 15.8 Å². The number of fused-ring (bicyclic) bond motifs is 1. The number of anilines is 1. The van der Waals surface area contributed by atoms with Gasteiger partial charge in [-0.1, -0.05) is 67.6 Å². The predicted molar refractivity (Wildman–Crippen MR) is 128 cm³/mol. The van der Waals surface area contributed by atoms with E-state index in [4.69, 9.17) is 0 Å². The Kier molecular flexibility index (Phi) is 6.08. The van der Waals surface area contributed by atoms with Gasteiger partial charge in [-0.25, -0.2) is 0 Å². The zero-order valence-electron chi connectivity index (χ0n) is 17.4. The number of aromatic hydroxyl groups is 1. The number of para-hydroxylation sites is 2. The molecule has 4 heteroatoms. The van der Waals surface area contributed by atoms with Crippen LogP contribution in [0.3, 0.4) is 0 Å². The Morgan fingerprint density at radius 1 is 1.13 bits per heavy atom. The van der Waals surface area contributed by atoms with Crippen LogP contribution in [-0.4, -0.2) is 17.2 Å². The van der Waals surface area contributed by atoms with Crippen LogP contribution in [0.4, 0.5) is 11.4 Å². The average molecular weight is 409 g/mol. The summed E-state index contributed by atoms with van der Waals surface area (Å²) < 4.78 is 0. The fourth-order valence-electron chi connectivity index (χ4n) is 3.63. The molecule has 0 aromatic heterocycles. The molecule has 4 nitrogen and oxygen atoms in total. The number of hydrogen-bond acceptors (Lipinski definition) is 3. The third-order valence-electron chi connectivity index (χ3n) is 5.26. The molecule has 3 aromatic carbocycles. The summed E-state index contributed by atoms with van der Waals surface area (Å²) in [6.45, 7) is 2.08. The number of carbonyl (C=O) groups excluding carboxylic acids is 1. The molecule has 3 aromatic rings. The fourth-order valence-corrected chi connectivity index (χ4v) is 3.63. The number of amides is 1. The molecule has 4 rings (SSSR count). The second-order valence-electron chi connectivity index (χ2n) is 7.28. The summed E-state index contributed by atoms with van der Waals surface area (Å²) >= 11 is 0. The van der Waals surface area contributed by atoms with Crippen molar-refractivity contribution < 1.29 is 9.90 Å². The molecule has 1 amide bonds. The Morgan fingerprint density at radius 2 is 1.90 bits per heavy atom. The van der Waals surface area contributed by atoms with Crippen LogP contribution in [0, 0.1) is 0 Å². The minimum Gasteiger partial charge on any atom is -0.506 e. The Balaban J connectivity index is 1.83. The predicted octanol–water partition coefficient (Wildman–Crippen LogP) is 4.48. The largest absolute Gasteiger partial charge is 0.506 e.